The van der Waals surface area contributed by atoms with Crippen molar-refractivity contribution < 1.29 is 13.9 Å². The number of nitrogens with zero attached hydrogens (tertiary/aromatic N) is 4. The van der Waals surface area contributed by atoms with Crippen molar-refractivity contribution in [2.75, 3.05) is 32.8 Å². The maximum absolute atomic E-state index is 13.2. The Morgan fingerprint density at radius 3 is 2.79 bits per heavy atom. The van der Waals surface area contributed by atoms with E-state index in [1.165, 1.54) is 6.42 Å². The molecule has 2 atom stereocenters. The maximum atomic E-state index is 13.2. The fraction of sp³-hybridized carbons (Fsp3) is 0.619. The van der Waals surface area contributed by atoms with Gasteiger partial charge in [-0.25, -0.2) is 0 Å². The van der Waals surface area contributed by atoms with Gasteiger partial charge in [-0.2, -0.15) is 5.10 Å². The predicted octanol–water partition coefficient (Wildman–Crippen LogP) is 2.24. The summed E-state index contributed by atoms with van der Waals surface area (Å²) in [4.78, 5) is 17.9. The summed E-state index contributed by atoms with van der Waals surface area (Å²) in [5, 5.41) is 4.20. The van der Waals surface area contributed by atoms with Gasteiger partial charge in [0.25, 0.3) is 5.91 Å². The Bertz CT molecular complexity index is 796. The van der Waals surface area contributed by atoms with E-state index in [1.807, 2.05) is 24.4 Å². The second-order valence-electron chi connectivity index (χ2n) is 8.32. The molecule has 0 aromatic carbocycles. The van der Waals surface area contributed by atoms with Crippen molar-refractivity contribution in [3.05, 3.63) is 42.1 Å². The van der Waals surface area contributed by atoms with E-state index < -0.39 is 0 Å². The number of ether oxygens (including phenoxy) is 1. The first kappa shape index (κ1) is 17.9. The quantitative estimate of drug-likeness (QED) is 0.809. The molecule has 7 nitrogen and oxygen atoms in total. The van der Waals surface area contributed by atoms with Gasteiger partial charge in [-0.1, -0.05) is 0 Å². The molecule has 0 spiro atoms. The third kappa shape index (κ3) is 3.61. The molecule has 4 aliphatic heterocycles. The number of carbonyl (C=O) groups is 1. The number of hydrogen-bond acceptors (Lipinski definition) is 5. The summed E-state index contributed by atoms with van der Waals surface area (Å²) in [6.45, 7) is 5.21. The van der Waals surface area contributed by atoms with Gasteiger partial charge in [-0.05, 0) is 49.8 Å². The highest BCUT2D eigenvalue weighted by Gasteiger charge is 2.40. The molecule has 0 radical (unpaired) electrons. The topological polar surface area (TPSA) is 63.7 Å². The van der Waals surface area contributed by atoms with Gasteiger partial charge in [-0.3, -0.25) is 14.4 Å². The molecule has 28 heavy (non-hydrogen) atoms. The molecule has 6 heterocycles. The number of furan rings is 1. The summed E-state index contributed by atoms with van der Waals surface area (Å²) >= 11 is 0. The Hall–Kier alpha value is -2.12. The number of piperidine rings is 1. The number of fused-ring (bicyclic) bond motifs is 4. The molecule has 4 aliphatic rings. The zero-order chi connectivity index (χ0) is 18.9. The SMILES string of the molecule is O=C(c1ccc(Cn2cccn2)o1)N1C[C@H]2CC[C@@H]1CN(C1CCOCC1)C2. The lowest BCUT2D eigenvalue weighted by molar-refractivity contribution is 0.0302. The molecule has 6 rings (SSSR count). The molecule has 0 N–H and O–H groups in total. The van der Waals surface area contributed by atoms with Crippen LogP contribution in [-0.4, -0.2) is 70.4 Å². The van der Waals surface area contributed by atoms with Crippen LogP contribution in [-0.2, 0) is 11.3 Å². The lowest BCUT2D eigenvalue weighted by Gasteiger charge is -2.36. The third-order valence-electron chi connectivity index (χ3n) is 6.46. The van der Waals surface area contributed by atoms with Crippen LogP contribution in [0, 0.1) is 5.92 Å². The van der Waals surface area contributed by atoms with E-state index in [9.17, 15) is 4.79 Å². The zero-order valence-electron chi connectivity index (χ0n) is 16.2. The van der Waals surface area contributed by atoms with E-state index in [4.69, 9.17) is 9.15 Å². The van der Waals surface area contributed by atoms with Crippen LogP contribution in [0.5, 0.6) is 0 Å². The van der Waals surface area contributed by atoms with Crippen LogP contribution in [0.25, 0.3) is 0 Å². The average Bonchev–Trinajstić information content (AvgIpc) is 3.33. The van der Waals surface area contributed by atoms with Crippen LogP contribution in [0.1, 0.15) is 42.0 Å². The molecule has 2 aromatic rings. The molecule has 0 saturated carbocycles. The van der Waals surface area contributed by atoms with Gasteiger partial charge >= 0.3 is 0 Å². The Morgan fingerprint density at radius 2 is 1.96 bits per heavy atom. The molecule has 0 unspecified atom stereocenters. The van der Waals surface area contributed by atoms with Crippen molar-refractivity contribution in [2.24, 2.45) is 5.92 Å². The van der Waals surface area contributed by atoms with Crippen molar-refractivity contribution in [1.82, 2.24) is 19.6 Å². The highest BCUT2D eigenvalue weighted by atomic mass is 16.5. The smallest absolute Gasteiger partial charge is 0.289 e. The number of amides is 1. The van der Waals surface area contributed by atoms with Crippen molar-refractivity contribution >= 4 is 5.91 Å². The molecular weight excluding hydrogens is 356 g/mol. The van der Waals surface area contributed by atoms with Gasteiger partial charge in [0.15, 0.2) is 5.76 Å². The lowest BCUT2D eigenvalue weighted by atomic mass is 9.95. The van der Waals surface area contributed by atoms with Crippen LogP contribution >= 0.6 is 0 Å². The van der Waals surface area contributed by atoms with E-state index in [1.54, 1.807) is 10.9 Å². The number of hydrogen-bond donors (Lipinski definition) is 0. The predicted molar refractivity (Wildman–Crippen MR) is 103 cm³/mol. The van der Waals surface area contributed by atoms with Gasteiger partial charge in [-0.15, -0.1) is 0 Å². The second-order valence-corrected chi connectivity index (χ2v) is 8.32. The number of aromatic nitrogens is 2. The third-order valence-corrected chi connectivity index (χ3v) is 6.46. The monoisotopic (exact) mass is 384 g/mol. The summed E-state index contributed by atoms with van der Waals surface area (Å²) in [5.74, 6) is 1.81. The van der Waals surface area contributed by atoms with Crippen molar-refractivity contribution in [2.45, 2.75) is 44.3 Å². The average molecular weight is 384 g/mol. The molecule has 4 saturated heterocycles. The molecule has 2 bridgehead atoms. The first-order chi connectivity index (χ1) is 13.8. The van der Waals surface area contributed by atoms with Gasteiger partial charge < -0.3 is 14.1 Å². The van der Waals surface area contributed by atoms with Gasteiger partial charge in [0.1, 0.15) is 5.76 Å². The Kier molecular flexibility index (Phi) is 4.94. The molecule has 4 fully saturated rings. The fourth-order valence-electron chi connectivity index (χ4n) is 4.99. The van der Waals surface area contributed by atoms with Crippen molar-refractivity contribution in [1.29, 1.82) is 0 Å². The lowest BCUT2D eigenvalue weighted by Crippen LogP contribution is -2.48. The van der Waals surface area contributed by atoms with Crippen LogP contribution in [0.3, 0.4) is 0 Å². The summed E-state index contributed by atoms with van der Waals surface area (Å²) < 4.78 is 13.2. The minimum absolute atomic E-state index is 0.0373. The van der Waals surface area contributed by atoms with Crippen LogP contribution in [0.15, 0.2) is 35.0 Å². The van der Waals surface area contributed by atoms with E-state index in [-0.39, 0.29) is 11.9 Å². The summed E-state index contributed by atoms with van der Waals surface area (Å²) in [6.07, 6.45) is 8.17. The minimum Gasteiger partial charge on any atom is -0.454 e. The van der Waals surface area contributed by atoms with E-state index in [0.717, 1.165) is 57.9 Å². The van der Waals surface area contributed by atoms with Crippen LogP contribution in [0.4, 0.5) is 0 Å². The van der Waals surface area contributed by atoms with Gasteiger partial charge in [0, 0.05) is 57.3 Å². The van der Waals surface area contributed by atoms with E-state index in [0.29, 0.717) is 24.3 Å². The molecule has 0 aliphatic carbocycles. The fourth-order valence-corrected chi connectivity index (χ4v) is 4.99. The summed E-state index contributed by atoms with van der Waals surface area (Å²) in [6, 6.07) is 6.48. The highest BCUT2D eigenvalue weighted by Crippen LogP contribution is 2.32. The summed E-state index contributed by atoms with van der Waals surface area (Å²) in [7, 11) is 0. The van der Waals surface area contributed by atoms with Crippen LogP contribution < -0.4 is 0 Å². The van der Waals surface area contributed by atoms with Gasteiger partial charge in [0.2, 0.25) is 0 Å². The van der Waals surface area contributed by atoms with E-state index in [2.05, 4.69) is 14.9 Å². The first-order valence-electron chi connectivity index (χ1n) is 10.4. The first-order valence-corrected chi connectivity index (χ1v) is 10.4. The molecule has 1 amide bonds. The molecule has 7 heteroatoms. The Labute approximate surface area is 165 Å². The Morgan fingerprint density at radius 1 is 1.07 bits per heavy atom. The number of carbonyl (C=O) groups excluding carboxylic acids is 1. The molecule has 150 valence electrons. The molecular formula is C21H28N4O3. The normalized spacial score (nSPS) is 26.5. The highest BCUT2D eigenvalue weighted by molar-refractivity contribution is 5.92. The minimum atomic E-state index is 0.0373. The Balaban J connectivity index is 1.28. The standard InChI is InChI=1S/C21H28N4O3/c26-21(20-5-4-19(28-20)15-24-9-1-8-22-24)25-13-16-2-3-18(25)14-23(12-16)17-6-10-27-11-7-17/h1,4-5,8-9,16-18H,2-3,6-7,10-15H2/t16-,18+/m0/s1. The van der Waals surface area contributed by atoms with Crippen molar-refractivity contribution in [3.63, 3.8) is 0 Å². The van der Waals surface area contributed by atoms with Crippen LogP contribution in [0.2, 0.25) is 0 Å². The van der Waals surface area contributed by atoms with Crippen molar-refractivity contribution in [3.8, 4) is 0 Å². The maximum Gasteiger partial charge on any atom is 0.289 e. The molecule has 2 aromatic heterocycles. The second kappa shape index (κ2) is 7.72. The largest absolute Gasteiger partial charge is 0.454 e. The van der Waals surface area contributed by atoms with E-state index >= 15 is 0 Å². The zero-order valence-corrected chi connectivity index (χ0v) is 16.2. The number of rotatable bonds is 4. The summed E-state index contributed by atoms with van der Waals surface area (Å²) in [5.41, 5.74) is 0. The van der Waals surface area contributed by atoms with Gasteiger partial charge in [0.05, 0.1) is 6.54 Å².